The van der Waals surface area contributed by atoms with E-state index in [1.165, 1.54) is 18.7 Å². The molecule has 2 amide bonds. The van der Waals surface area contributed by atoms with Gasteiger partial charge in [0.2, 0.25) is 0 Å². The maximum atomic E-state index is 12.8. The van der Waals surface area contributed by atoms with E-state index in [0.717, 1.165) is 9.86 Å². The second kappa shape index (κ2) is 12.2. The van der Waals surface area contributed by atoms with Crippen LogP contribution in [0.1, 0.15) is 24.5 Å². The van der Waals surface area contributed by atoms with Crippen LogP contribution in [0.25, 0.3) is 10.8 Å². The molecule has 0 saturated carbocycles. The van der Waals surface area contributed by atoms with E-state index in [1.54, 1.807) is 48.5 Å². The fraction of sp³-hybridized carbons (Fsp3) is 0.200. The number of methoxy groups -OCH3 is 1. The number of hydrogen-bond acceptors (Lipinski definition) is 6. The molecule has 0 radical (unpaired) electrons. The molecule has 0 aliphatic rings. The van der Waals surface area contributed by atoms with Crippen molar-refractivity contribution in [3.63, 3.8) is 0 Å². The smallest absolute Gasteiger partial charge is 0.412 e. The molecule has 3 aromatic carbocycles. The molecule has 2 atom stereocenters. The molecule has 3 rings (SSSR count). The monoisotopic (exact) mass is 528 g/mol. The quantitative estimate of drug-likeness (QED) is 0.166. The van der Waals surface area contributed by atoms with Gasteiger partial charge in [0.1, 0.15) is 5.75 Å². The summed E-state index contributed by atoms with van der Waals surface area (Å²) in [7, 11) is 1.51. The number of ether oxygens (including phenoxy) is 2. The van der Waals surface area contributed by atoms with Crippen LogP contribution in [-0.2, 0) is 14.3 Å². The number of carbonyl (C=O) groups is 2. The summed E-state index contributed by atoms with van der Waals surface area (Å²) in [6.45, 7) is 0. The van der Waals surface area contributed by atoms with Crippen LogP contribution in [0.15, 0.2) is 77.3 Å². The molecule has 0 aliphatic carbocycles. The van der Waals surface area contributed by atoms with Crippen LogP contribution in [0.4, 0.5) is 10.5 Å². The van der Waals surface area contributed by atoms with Crippen LogP contribution < -0.4 is 10.8 Å². The summed E-state index contributed by atoms with van der Waals surface area (Å²) in [6.07, 6.45) is 1.59. The number of nitrogens with one attached hydrogen (secondary N) is 2. The van der Waals surface area contributed by atoms with E-state index in [-0.39, 0.29) is 5.75 Å². The fourth-order valence-electron chi connectivity index (χ4n) is 3.57. The summed E-state index contributed by atoms with van der Waals surface area (Å²) in [5.74, 6) is -0.524. The lowest BCUT2D eigenvalue weighted by Crippen LogP contribution is -2.28. The maximum absolute atomic E-state index is 12.8. The number of carbonyl (C=O) groups excluding carboxylic acids is 2. The first kappa shape index (κ1) is 25.2. The minimum Gasteiger partial charge on any atom is -0.507 e. The molecule has 0 aliphatic heterocycles. The van der Waals surface area contributed by atoms with Gasteiger partial charge in [-0.1, -0.05) is 52.3 Å². The molecular formula is C25H25BrN2O6. The number of benzene rings is 3. The van der Waals surface area contributed by atoms with Crippen molar-refractivity contribution in [1.29, 1.82) is 0 Å². The average Bonchev–Trinajstić information content (AvgIpc) is 2.85. The number of amides is 2. The van der Waals surface area contributed by atoms with Crippen molar-refractivity contribution in [2.45, 2.75) is 25.0 Å². The Bertz CT molecular complexity index is 1170. The van der Waals surface area contributed by atoms with Gasteiger partial charge in [0.05, 0.1) is 6.10 Å². The molecular weight excluding hydrogens is 504 g/mol. The molecule has 8 nitrogen and oxygen atoms in total. The van der Waals surface area contributed by atoms with Gasteiger partial charge in [-0.05, 0) is 48.6 Å². The predicted octanol–water partition coefficient (Wildman–Crippen LogP) is 5.45. The third kappa shape index (κ3) is 6.57. The van der Waals surface area contributed by atoms with E-state index < -0.39 is 24.2 Å². The van der Waals surface area contributed by atoms with Crippen molar-refractivity contribution in [1.82, 2.24) is 5.48 Å². The summed E-state index contributed by atoms with van der Waals surface area (Å²) in [5.41, 5.74) is 2.77. The van der Waals surface area contributed by atoms with Crippen molar-refractivity contribution >= 4 is 44.4 Å². The first-order chi connectivity index (χ1) is 16.4. The largest absolute Gasteiger partial charge is 0.507 e. The lowest BCUT2D eigenvalue weighted by atomic mass is 9.94. The molecule has 0 fully saturated rings. The van der Waals surface area contributed by atoms with Gasteiger partial charge >= 0.3 is 6.09 Å². The molecule has 3 aromatic rings. The third-order valence-electron chi connectivity index (χ3n) is 5.20. The van der Waals surface area contributed by atoms with Crippen molar-refractivity contribution < 1.29 is 29.4 Å². The zero-order valence-corrected chi connectivity index (χ0v) is 20.0. The third-order valence-corrected chi connectivity index (χ3v) is 5.73. The Morgan fingerprint density at radius 1 is 1.06 bits per heavy atom. The van der Waals surface area contributed by atoms with Crippen molar-refractivity contribution in [2.24, 2.45) is 0 Å². The van der Waals surface area contributed by atoms with Gasteiger partial charge in [-0.15, -0.1) is 0 Å². The highest BCUT2D eigenvalue weighted by molar-refractivity contribution is 9.10. The van der Waals surface area contributed by atoms with E-state index in [2.05, 4.69) is 21.2 Å². The minimum absolute atomic E-state index is 0.115. The van der Waals surface area contributed by atoms with E-state index in [4.69, 9.17) is 14.7 Å². The van der Waals surface area contributed by atoms with E-state index in [9.17, 15) is 14.7 Å². The summed E-state index contributed by atoms with van der Waals surface area (Å²) < 4.78 is 12.4. The number of fused-ring (bicyclic) bond motifs is 1. The van der Waals surface area contributed by atoms with Crippen molar-refractivity contribution in [3.05, 3.63) is 82.9 Å². The zero-order valence-electron chi connectivity index (χ0n) is 18.4. The first-order valence-corrected chi connectivity index (χ1v) is 11.3. The molecule has 0 heterocycles. The molecule has 34 heavy (non-hydrogen) atoms. The molecule has 9 heteroatoms. The Morgan fingerprint density at radius 3 is 2.44 bits per heavy atom. The predicted molar refractivity (Wildman–Crippen MR) is 132 cm³/mol. The van der Waals surface area contributed by atoms with Crippen LogP contribution >= 0.6 is 15.9 Å². The number of rotatable bonds is 9. The summed E-state index contributed by atoms with van der Waals surface area (Å²) >= 11 is 3.36. The maximum Gasteiger partial charge on any atom is 0.412 e. The van der Waals surface area contributed by atoms with E-state index >= 15 is 0 Å². The topological polar surface area (TPSA) is 117 Å². The van der Waals surface area contributed by atoms with Gasteiger partial charge in [0, 0.05) is 34.3 Å². The number of hydrogen-bond donors (Lipinski definition) is 4. The molecule has 178 valence electrons. The van der Waals surface area contributed by atoms with Gasteiger partial charge in [0.15, 0.2) is 6.10 Å². The lowest BCUT2D eigenvalue weighted by Gasteiger charge is -2.27. The SMILES string of the molecule is CO[C@H](CC/C=C/C(=O)NO)[C@H](OC(=O)Nc1ccc(Br)cc1)c1ccc(O)c2ccccc12. The second-order valence-corrected chi connectivity index (χ2v) is 8.32. The van der Waals surface area contributed by atoms with Crippen LogP contribution in [0.3, 0.4) is 0 Å². The summed E-state index contributed by atoms with van der Waals surface area (Å²) in [5, 5.41) is 23.0. The number of halogens is 1. The van der Waals surface area contributed by atoms with Gasteiger partial charge in [-0.3, -0.25) is 15.3 Å². The van der Waals surface area contributed by atoms with Crippen LogP contribution in [0.5, 0.6) is 5.75 Å². The number of aromatic hydroxyl groups is 1. The number of hydroxylamine groups is 1. The lowest BCUT2D eigenvalue weighted by molar-refractivity contribution is -0.124. The van der Waals surface area contributed by atoms with Gasteiger partial charge in [0.25, 0.3) is 5.91 Å². The average molecular weight is 529 g/mol. The highest BCUT2D eigenvalue weighted by atomic mass is 79.9. The first-order valence-electron chi connectivity index (χ1n) is 10.5. The van der Waals surface area contributed by atoms with E-state index in [1.807, 2.05) is 18.2 Å². The molecule has 0 spiro atoms. The van der Waals surface area contributed by atoms with Gasteiger partial charge in [-0.25, -0.2) is 10.3 Å². The summed E-state index contributed by atoms with van der Waals surface area (Å²) in [6, 6.07) is 17.6. The van der Waals surface area contributed by atoms with Gasteiger partial charge in [-0.2, -0.15) is 0 Å². The zero-order chi connectivity index (χ0) is 24.5. The molecule has 0 unspecified atom stereocenters. The normalized spacial score (nSPS) is 12.9. The Kier molecular flexibility index (Phi) is 9.03. The second-order valence-electron chi connectivity index (χ2n) is 7.41. The Balaban J connectivity index is 1.90. The highest BCUT2D eigenvalue weighted by Gasteiger charge is 2.29. The number of phenolic OH excluding ortho intramolecular Hbond substituents is 1. The van der Waals surface area contributed by atoms with Crippen LogP contribution in [0.2, 0.25) is 0 Å². The standard InChI is InChI=1S/C25H25BrN2O6/c1-33-22(8-4-5-9-23(30)28-32)24(34-25(31)27-17-12-10-16(26)11-13-17)20-14-15-21(29)19-7-3-2-6-18(19)20/h2-3,5-7,9-15,22,24,29,32H,4,8H2,1H3,(H,27,31)(H,28,30)/b9-5+/t22-,24-/m1/s1. The van der Waals surface area contributed by atoms with Crippen molar-refractivity contribution in [2.75, 3.05) is 12.4 Å². The van der Waals surface area contributed by atoms with Crippen LogP contribution in [-0.4, -0.2) is 35.5 Å². The number of allylic oxidation sites excluding steroid dienone is 1. The number of anilines is 1. The van der Waals surface area contributed by atoms with E-state index in [0.29, 0.717) is 29.5 Å². The van der Waals surface area contributed by atoms with Crippen LogP contribution in [0, 0.1) is 0 Å². The summed E-state index contributed by atoms with van der Waals surface area (Å²) in [4.78, 5) is 24.0. The molecule has 0 aromatic heterocycles. The fourth-order valence-corrected chi connectivity index (χ4v) is 3.84. The Hall–Kier alpha value is -3.40. The number of phenols is 1. The highest BCUT2D eigenvalue weighted by Crippen LogP contribution is 2.36. The van der Waals surface area contributed by atoms with Gasteiger partial charge < -0.3 is 14.6 Å². The molecule has 0 saturated heterocycles. The Labute approximate surface area is 205 Å². The Morgan fingerprint density at radius 2 is 1.76 bits per heavy atom. The van der Waals surface area contributed by atoms with Crippen molar-refractivity contribution in [3.8, 4) is 5.75 Å². The minimum atomic E-state index is -0.814. The molecule has 4 N–H and O–H groups in total. The molecule has 0 bridgehead atoms.